The second kappa shape index (κ2) is 6.88. The number of amides is 1. The third kappa shape index (κ3) is 4.72. The Morgan fingerprint density at radius 1 is 1.25 bits per heavy atom. The Hall–Kier alpha value is -0.640. The van der Waals surface area contributed by atoms with Crippen molar-refractivity contribution in [1.82, 2.24) is 5.32 Å². The fraction of sp³-hybridized carbons (Fsp3) is 0.500. The van der Waals surface area contributed by atoms with E-state index in [9.17, 15) is 4.79 Å². The normalized spacial score (nSPS) is 12.9. The number of rotatable bonds is 5. The maximum absolute atomic E-state index is 12.1. The van der Waals surface area contributed by atoms with Crippen molar-refractivity contribution in [2.75, 3.05) is 5.32 Å². The largest absolute Gasteiger partial charge is 0.371 e. The topological polar surface area (TPSA) is 41.1 Å². The van der Waals surface area contributed by atoms with Crippen LogP contribution in [0.3, 0.4) is 0 Å². The summed E-state index contributed by atoms with van der Waals surface area (Å²) in [5.74, 6) is -0.112. The van der Waals surface area contributed by atoms with E-state index in [1.807, 2.05) is 20.8 Å². The van der Waals surface area contributed by atoms with E-state index in [1.54, 1.807) is 19.1 Å². The summed E-state index contributed by atoms with van der Waals surface area (Å²) in [7, 11) is 0. The fourth-order valence-corrected chi connectivity index (χ4v) is 2.42. The number of hydrogen-bond acceptors (Lipinski definition) is 2. The number of carbonyl (C=O) groups is 1. The number of carbonyl (C=O) groups excluding carboxylic acids is 1. The predicted molar refractivity (Wildman–Crippen MR) is 87.1 cm³/mol. The SMILES string of the molecule is CCC(C)(C)NC(=O)C(C)Nc1c(Cl)cc(Cl)cc1Cl. The molecule has 0 radical (unpaired) electrons. The van der Waals surface area contributed by atoms with Gasteiger partial charge in [-0.1, -0.05) is 41.7 Å². The minimum atomic E-state index is -0.461. The van der Waals surface area contributed by atoms with Gasteiger partial charge in [0.25, 0.3) is 0 Å². The van der Waals surface area contributed by atoms with Crippen LogP contribution in [0.1, 0.15) is 34.1 Å². The van der Waals surface area contributed by atoms with E-state index in [1.165, 1.54) is 0 Å². The highest BCUT2D eigenvalue weighted by atomic mass is 35.5. The van der Waals surface area contributed by atoms with Crippen molar-refractivity contribution in [1.29, 1.82) is 0 Å². The molecule has 0 aromatic heterocycles. The molecule has 6 heteroatoms. The van der Waals surface area contributed by atoms with Crippen LogP contribution in [0.2, 0.25) is 15.1 Å². The standard InChI is InChI=1S/C14H19Cl3N2O/c1-5-14(3,4)19-13(20)8(2)18-12-10(16)6-9(15)7-11(12)17/h6-8,18H,5H2,1-4H3,(H,19,20). The average Bonchev–Trinajstić information content (AvgIpc) is 2.32. The molecule has 112 valence electrons. The van der Waals surface area contributed by atoms with Gasteiger partial charge in [0.05, 0.1) is 15.7 Å². The van der Waals surface area contributed by atoms with Crippen LogP contribution in [0.25, 0.3) is 0 Å². The lowest BCUT2D eigenvalue weighted by molar-refractivity contribution is -0.123. The molecule has 1 amide bonds. The number of benzene rings is 1. The summed E-state index contributed by atoms with van der Waals surface area (Å²) in [6, 6.07) is 2.70. The van der Waals surface area contributed by atoms with Crippen molar-refractivity contribution in [3.05, 3.63) is 27.2 Å². The number of hydrogen-bond donors (Lipinski definition) is 2. The van der Waals surface area contributed by atoms with Gasteiger partial charge in [0.15, 0.2) is 0 Å². The second-order valence-electron chi connectivity index (χ2n) is 5.34. The minimum Gasteiger partial charge on any atom is -0.371 e. The molecular formula is C14H19Cl3N2O. The van der Waals surface area contributed by atoms with E-state index >= 15 is 0 Å². The molecule has 2 N–H and O–H groups in total. The van der Waals surface area contributed by atoms with Gasteiger partial charge < -0.3 is 10.6 Å². The van der Waals surface area contributed by atoms with Gasteiger partial charge in [-0.05, 0) is 39.3 Å². The van der Waals surface area contributed by atoms with Gasteiger partial charge in [-0.15, -0.1) is 0 Å². The summed E-state index contributed by atoms with van der Waals surface area (Å²) < 4.78 is 0. The first-order chi connectivity index (χ1) is 9.16. The van der Waals surface area contributed by atoms with Crippen molar-refractivity contribution < 1.29 is 4.79 Å². The first kappa shape index (κ1) is 17.4. The van der Waals surface area contributed by atoms with E-state index in [0.29, 0.717) is 20.8 Å². The summed E-state index contributed by atoms with van der Waals surface area (Å²) in [5, 5.41) is 7.21. The lowest BCUT2D eigenvalue weighted by Gasteiger charge is -2.27. The molecular weight excluding hydrogens is 319 g/mol. The van der Waals surface area contributed by atoms with Crippen LogP contribution in [0.15, 0.2) is 12.1 Å². The highest BCUT2D eigenvalue weighted by Gasteiger charge is 2.22. The van der Waals surface area contributed by atoms with Crippen LogP contribution in [-0.2, 0) is 4.79 Å². The molecule has 0 spiro atoms. The zero-order valence-electron chi connectivity index (χ0n) is 12.0. The third-order valence-electron chi connectivity index (χ3n) is 3.11. The van der Waals surface area contributed by atoms with Gasteiger partial charge in [0.2, 0.25) is 5.91 Å². The van der Waals surface area contributed by atoms with Gasteiger partial charge in [-0.3, -0.25) is 4.79 Å². The Labute approximate surface area is 135 Å². The summed E-state index contributed by atoms with van der Waals surface area (Å²) in [6.07, 6.45) is 0.841. The smallest absolute Gasteiger partial charge is 0.242 e. The third-order valence-corrected chi connectivity index (χ3v) is 3.92. The Morgan fingerprint density at radius 3 is 2.20 bits per heavy atom. The second-order valence-corrected chi connectivity index (χ2v) is 6.59. The lowest BCUT2D eigenvalue weighted by Crippen LogP contribution is -2.48. The maximum Gasteiger partial charge on any atom is 0.242 e. The van der Waals surface area contributed by atoms with Crippen LogP contribution >= 0.6 is 34.8 Å². The molecule has 20 heavy (non-hydrogen) atoms. The van der Waals surface area contributed by atoms with E-state index in [-0.39, 0.29) is 11.4 Å². The molecule has 1 aromatic carbocycles. The van der Waals surface area contributed by atoms with Crippen molar-refractivity contribution in [2.45, 2.75) is 45.7 Å². The zero-order valence-corrected chi connectivity index (χ0v) is 14.2. The Kier molecular flexibility index (Phi) is 5.99. The minimum absolute atomic E-state index is 0.112. The first-order valence-corrected chi connectivity index (χ1v) is 7.53. The Bertz CT molecular complexity index is 480. The van der Waals surface area contributed by atoms with Crippen LogP contribution in [0, 0.1) is 0 Å². The molecule has 0 fully saturated rings. The zero-order chi connectivity index (χ0) is 15.5. The predicted octanol–water partition coefficient (Wildman–Crippen LogP) is 4.75. The molecule has 0 heterocycles. The number of anilines is 1. The molecule has 1 unspecified atom stereocenters. The van der Waals surface area contributed by atoms with Gasteiger partial charge in [0, 0.05) is 10.6 Å². The van der Waals surface area contributed by atoms with Crippen molar-refractivity contribution >= 4 is 46.4 Å². The highest BCUT2D eigenvalue weighted by molar-refractivity contribution is 6.41. The lowest BCUT2D eigenvalue weighted by atomic mass is 10.0. The fourth-order valence-electron chi connectivity index (χ4n) is 1.49. The Morgan fingerprint density at radius 2 is 1.75 bits per heavy atom. The van der Waals surface area contributed by atoms with Crippen LogP contribution < -0.4 is 10.6 Å². The molecule has 0 aliphatic heterocycles. The molecule has 1 aromatic rings. The average molecular weight is 338 g/mol. The van der Waals surface area contributed by atoms with E-state index in [2.05, 4.69) is 10.6 Å². The van der Waals surface area contributed by atoms with Gasteiger partial charge >= 0.3 is 0 Å². The van der Waals surface area contributed by atoms with E-state index < -0.39 is 6.04 Å². The quantitative estimate of drug-likeness (QED) is 0.814. The van der Waals surface area contributed by atoms with Crippen LogP contribution in [0.4, 0.5) is 5.69 Å². The van der Waals surface area contributed by atoms with E-state index in [4.69, 9.17) is 34.8 Å². The molecule has 3 nitrogen and oxygen atoms in total. The van der Waals surface area contributed by atoms with Crippen LogP contribution in [0.5, 0.6) is 0 Å². The van der Waals surface area contributed by atoms with Crippen molar-refractivity contribution in [3.8, 4) is 0 Å². The van der Waals surface area contributed by atoms with Crippen molar-refractivity contribution in [3.63, 3.8) is 0 Å². The molecule has 0 bridgehead atoms. The molecule has 0 aliphatic carbocycles. The Balaban J connectivity index is 2.81. The molecule has 0 saturated heterocycles. The molecule has 1 rings (SSSR count). The number of halogens is 3. The summed E-state index contributed by atoms with van der Waals surface area (Å²) in [5.41, 5.74) is 0.260. The monoisotopic (exact) mass is 336 g/mol. The summed E-state index contributed by atoms with van der Waals surface area (Å²) >= 11 is 18.0. The number of nitrogens with one attached hydrogen (secondary N) is 2. The van der Waals surface area contributed by atoms with Crippen molar-refractivity contribution in [2.24, 2.45) is 0 Å². The van der Waals surface area contributed by atoms with Gasteiger partial charge in [-0.25, -0.2) is 0 Å². The van der Waals surface area contributed by atoms with Gasteiger partial charge in [-0.2, -0.15) is 0 Å². The molecule has 1 atom stereocenters. The summed E-state index contributed by atoms with van der Waals surface area (Å²) in [4.78, 5) is 12.1. The van der Waals surface area contributed by atoms with E-state index in [0.717, 1.165) is 6.42 Å². The highest BCUT2D eigenvalue weighted by Crippen LogP contribution is 2.34. The first-order valence-electron chi connectivity index (χ1n) is 6.39. The van der Waals surface area contributed by atoms with Gasteiger partial charge in [0.1, 0.15) is 6.04 Å². The van der Waals surface area contributed by atoms with Crippen LogP contribution in [-0.4, -0.2) is 17.5 Å². The summed E-state index contributed by atoms with van der Waals surface area (Å²) in [6.45, 7) is 7.72. The molecule has 0 saturated carbocycles. The maximum atomic E-state index is 12.1. The molecule has 0 aliphatic rings.